The van der Waals surface area contributed by atoms with Gasteiger partial charge in [-0.05, 0) is 57.4 Å². The van der Waals surface area contributed by atoms with E-state index in [9.17, 15) is 9.59 Å². The summed E-state index contributed by atoms with van der Waals surface area (Å²) in [6.07, 6.45) is 3.28. The van der Waals surface area contributed by atoms with Gasteiger partial charge in [0.2, 0.25) is 5.78 Å². The van der Waals surface area contributed by atoms with Gasteiger partial charge in [0.05, 0.1) is 18.1 Å². The van der Waals surface area contributed by atoms with Crippen molar-refractivity contribution in [2.45, 2.75) is 57.9 Å². The van der Waals surface area contributed by atoms with Crippen LogP contribution in [0.25, 0.3) is 0 Å². The van der Waals surface area contributed by atoms with Gasteiger partial charge in [0, 0.05) is 24.1 Å². The van der Waals surface area contributed by atoms with Crippen molar-refractivity contribution in [1.82, 2.24) is 4.57 Å². The summed E-state index contributed by atoms with van der Waals surface area (Å²) < 4.78 is 24.4. The number of esters is 1. The summed E-state index contributed by atoms with van der Waals surface area (Å²) in [7, 11) is 1.66. The van der Waals surface area contributed by atoms with Crippen LogP contribution in [0.15, 0.2) is 24.3 Å². The third-order valence-corrected chi connectivity index (χ3v) is 6.91. The quantitative estimate of drug-likeness (QED) is 0.436. The first kappa shape index (κ1) is 23.4. The lowest BCUT2D eigenvalue weighted by atomic mass is 9.78. The van der Waals surface area contributed by atoms with E-state index in [1.165, 1.54) is 0 Å². The molecule has 1 unspecified atom stereocenters. The number of hydrogen-bond acceptors (Lipinski definition) is 6. The molecule has 2 aliphatic rings. The van der Waals surface area contributed by atoms with Gasteiger partial charge in [0.1, 0.15) is 13.2 Å². The van der Waals surface area contributed by atoms with Gasteiger partial charge < -0.3 is 23.5 Å². The smallest absolute Gasteiger partial charge is 0.317 e. The number of nitrogens with zero attached hydrogens (tertiary/aromatic N) is 1. The van der Waals surface area contributed by atoms with Crippen molar-refractivity contribution in [3.63, 3.8) is 0 Å². The Morgan fingerprint density at radius 1 is 1.09 bits per heavy atom. The molecule has 1 aliphatic carbocycles. The molecule has 2 heterocycles. The Labute approximate surface area is 195 Å². The molecular formula is C26H33NO6. The molecular weight excluding hydrogens is 422 g/mol. The molecule has 2 aromatic rings. The largest absolute Gasteiger partial charge is 0.486 e. The molecule has 7 nitrogen and oxygen atoms in total. The normalized spacial score (nSPS) is 17.6. The Kier molecular flexibility index (Phi) is 6.79. The molecule has 0 amide bonds. The zero-order valence-corrected chi connectivity index (χ0v) is 19.9. The van der Waals surface area contributed by atoms with Crippen molar-refractivity contribution in [2.24, 2.45) is 0 Å². The Morgan fingerprint density at radius 3 is 2.48 bits per heavy atom. The first-order chi connectivity index (χ1) is 15.9. The van der Waals surface area contributed by atoms with E-state index < -0.39 is 5.41 Å². The zero-order chi connectivity index (χ0) is 23.6. The molecule has 0 saturated heterocycles. The number of rotatable bonds is 8. The third-order valence-electron chi connectivity index (χ3n) is 6.91. The topological polar surface area (TPSA) is 76.0 Å². The number of hydrogen-bond donors (Lipinski definition) is 0. The Bertz CT molecular complexity index is 1030. The lowest BCUT2D eigenvalue weighted by Crippen LogP contribution is -2.36. The van der Waals surface area contributed by atoms with Gasteiger partial charge in [-0.3, -0.25) is 9.59 Å². The second kappa shape index (κ2) is 9.59. The number of methoxy groups -OCH3 is 1. The van der Waals surface area contributed by atoms with Gasteiger partial charge in [-0.25, -0.2) is 0 Å². The fourth-order valence-corrected chi connectivity index (χ4v) is 5.33. The van der Waals surface area contributed by atoms with Crippen LogP contribution in [0, 0.1) is 13.8 Å². The van der Waals surface area contributed by atoms with E-state index in [0.29, 0.717) is 49.7 Å². The van der Waals surface area contributed by atoms with E-state index in [0.717, 1.165) is 29.8 Å². The van der Waals surface area contributed by atoms with E-state index in [2.05, 4.69) is 11.5 Å². The number of carbonyl (C=O) groups is 2. The second-order valence-electron chi connectivity index (χ2n) is 9.11. The van der Waals surface area contributed by atoms with Crippen LogP contribution in [0.4, 0.5) is 0 Å². The van der Waals surface area contributed by atoms with Gasteiger partial charge in [-0.2, -0.15) is 0 Å². The van der Waals surface area contributed by atoms with E-state index in [4.69, 9.17) is 18.9 Å². The molecule has 0 N–H and O–H groups in total. The molecule has 0 bridgehead atoms. The minimum atomic E-state index is -0.750. The number of benzene rings is 1. The van der Waals surface area contributed by atoms with Gasteiger partial charge in [-0.1, -0.05) is 18.9 Å². The lowest BCUT2D eigenvalue weighted by molar-refractivity contribution is -0.149. The molecule has 1 aromatic carbocycles. The highest BCUT2D eigenvalue weighted by Crippen LogP contribution is 2.45. The average molecular weight is 456 g/mol. The lowest BCUT2D eigenvalue weighted by Gasteiger charge is -2.28. The standard InChI is InChI=1S/C26H33NO6/c1-17-13-21(19(3)27(17)18(2)15-30-4)22(28)16-33-25(29)26(9-5-6-10-26)20-7-8-23-24(14-20)32-12-11-31-23/h7-8,13-14,18H,5-6,9-12,15-16H2,1-4H3. The van der Waals surface area contributed by atoms with E-state index in [1.807, 2.05) is 38.1 Å². The summed E-state index contributed by atoms with van der Waals surface area (Å²) in [4.78, 5) is 26.4. The minimum Gasteiger partial charge on any atom is -0.486 e. The molecule has 178 valence electrons. The van der Waals surface area contributed by atoms with Crippen LogP contribution in [0.1, 0.15) is 66.0 Å². The highest BCUT2D eigenvalue weighted by molar-refractivity contribution is 5.99. The maximum Gasteiger partial charge on any atom is 0.317 e. The zero-order valence-electron chi connectivity index (χ0n) is 19.9. The summed E-state index contributed by atoms with van der Waals surface area (Å²) in [5.74, 6) is 0.820. The summed E-state index contributed by atoms with van der Waals surface area (Å²) in [6, 6.07) is 7.65. The maximum absolute atomic E-state index is 13.4. The fraction of sp³-hybridized carbons (Fsp3) is 0.538. The SMILES string of the molecule is COCC(C)n1c(C)cc(C(=O)COC(=O)C2(c3ccc4c(c3)OCCO4)CCCC2)c1C. The Morgan fingerprint density at radius 2 is 1.79 bits per heavy atom. The van der Waals surface area contributed by atoms with Crippen LogP contribution in [0.5, 0.6) is 11.5 Å². The van der Waals surface area contributed by atoms with Crippen molar-refractivity contribution >= 4 is 11.8 Å². The molecule has 0 spiro atoms. The van der Waals surface area contributed by atoms with Crippen LogP contribution in [-0.2, 0) is 19.7 Å². The predicted octanol–water partition coefficient (Wildman–Crippen LogP) is 4.32. The van der Waals surface area contributed by atoms with Crippen LogP contribution in [-0.4, -0.2) is 49.9 Å². The van der Waals surface area contributed by atoms with Crippen molar-refractivity contribution in [1.29, 1.82) is 0 Å². The summed E-state index contributed by atoms with van der Waals surface area (Å²) in [5, 5.41) is 0. The molecule has 4 rings (SSSR count). The summed E-state index contributed by atoms with van der Waals surface area (Å²) in [5.41, 5.74) is 2.55. The number of carbonyl (C=O) groups excluding carboxylic acids is 2. The summed E-state index contributed by atoms with van der Waals surface area (Å²) >= 11 is 0. The summed E-state index contributed by atoms with van der Waals surface area (Å²) in [6.45, 7) is 7.23. The van der Waals surface area contributed by atoms with Gasteiger partial charge >= 0.3 is 5.97 Å². The molecule has 1 aliphatic heterocycles. The number of ether oxygens (including phenoxy) is 4. The monoisotopic (exact) mass is 455 g/mol. The first-order valence-electron chi connectivity index (χ1n) is 11.7. The van der Waals surface area contributed by atoms with Crippen LogP contribution < -0.4 is 9.47 Å². The van der Waals surface area contributed by atoms with Crippen molar-refractivity contribution in [2.75, 3.05) is 33.5 Å². The van der Waals surface area contributed by atoms with Crippen molar-refractivity contribution in [3.05, 3.63) is 46.8 Å². The number of fused-ring (bicyclic) bond motifs is 1. The highest BCUT2D eigenvalue weighted by atomic mass is 16.6. The van der Waals surface area contributed by atoms with E-state index in [1.54, 1.807) is 7.11 Å². The van der Waals surface area contributed by atoms with Crippen molar-refractivity contribution in [3.8, 4) is 11.5 Å². The van der Waals surface area contributed by atoms with Crippen LogP contribution >= 0.6 is 0 Å². The minimum absolute atomic E-state index is 0.107. The van der Waals surface area contributed by atoms with Crippen LogP contribution in [0.3, 0.4) is 0 Å². The Balaban J connectivity index is 1.50. The first-order valence-corrected chi connectivity index (χ1v) is 11.7. The van der Waals surface area contributed by atoms with Gasteiger partial charge in [-0.15, -0.1) is 0 Å². The van der Waals surface area contributed by atoms with Gasteiger partial charge in [0.15, 0.2) is 18.1 Å². The number of ketones is 1. The average Bonchev–Trinajstić information content (AvgIpc) is 3.42. The predicted molar refractivity (Wildman–Crippen MR) is 123 cm³/mol. The number of aryl methyl sites for hydroxylation is 1. The number of Topliss-reactive ketones (excluding diaryl/α,β-unsaturated/α-hetero) is 1. The van der Waals surface area contributed by atoms with E-state index in [-0.39, 0.29) is 24.4 Å². The number of aromatic nitrogens is 1. The second-order valence-corrected chi connectivity index (χ2v) is 9.11. The fourth-order valence-electron chi connectivity index (χ4n) is 5.33. The van der Waals surface area contributed by atoms with E-state index >= 15 is 0 Å². The van der Waals surface area contributed by atoms with Gasteiger partial charge in [0.25, 0.3) is 0 Å². The maximum atomic E-state index is 13.4. The molecule has 1 fully saturated rings. The Hall–Kier alpha value is -2.80. The molecule has 7 heteroatoms. The molecule has 1 atom stereocenters. The molecule has 1 aromatic heterocycles. The third kappa shape index (κ3) is 4.38. The van der Waals surface area contributed by atoms with Crippen LogP contribution in [0.2, 0.25) is 0 Å². The molecule has 0 radical (unpaired) electrons. The molecule has 1 saturated carbocycles. The highest BCUT2D eigenvalue weighted by Gasteiger charge is 2.45. The van der Waals surface area contributed by atoms with Crippen molar-refractivity contribution < 1.29 is 28.5 Å². The molecule has 33 heavy (non-hydrogen) atoms.